The summed E-state index contributed by atoms with van der Waals surface area (Å²) in [4.78, 5) is 21.4. The Hall–Kier alpha value is -2.69. The third kappa shape index (κ3) is 3.87. The van der Waals surface area contributed by atoms with Gasteiger partial charge in [-0.1, -0.05) is 32.9 Å². The fourth-order valence-corrected chi connectivity index (χ4v) is 2.86. The van der Waals surface area contributed by atoms with Crippen LogP contribution in [0.15, 0.2) is 48.9 Å². The number of imidazole rings is 1. The van der Waals surface area contributed by atoms with Crippen molar-refractivity contribution in [2.45, 2.75) is 39.0 Å². The molecular weight excluding hydrogens is 312 g/mol. The number of hydrogen-bond donors (Lipinski definition) is 1. The average molecular weight is 336 g/mol. The van der Waals surface area contributed by atoms with Gasteiger partial charge >= 0.3 is 0 Å². The molecule has 3 rings (SSSR count). The summed E-state index contributed by atoms with van der Waals surface area (Å²) < 4.78 is 2.00. The first-order valence-electron chi connectivity index (χ1n) is 8.61. The fraction of sp³-hybridized carbons (Fsp3) is 0.350. The molecule has 5 nitrogen and oxygen atoms in total. The van der Waals surface area contributed by atoms with Crippen LogP contribution in [0.3, 0.4) is 0 Å². The Morgan fingerprint density at radius 3 is 2.76 bits per heavy atom. The second kappa shape index (κ2) is 7.05. The second-order valence-electron chi connectivity index (χ2n) is 7.21. The first kappa shape index (κ1) is 17.1. The Kier molecular flexibility index (Phi) is 4.83. The largest absolute Gasteiger partial charge is 0.351 e. The monoisotopic (exact) mass is 336 g/mol. The summed E-state index contributed by atoms with van der Waals surface area (Å²) in [5, 5.41) is 2.99. The molecule has 0 aromatic carbocycles. The fourth-order valence-electron chi connectivity index (χ4n) is 2.86. The van der Waals surface area contributed by atoms with Gasteiger partial charge in [-0.15, -0.1) is 0 Å². The number of hydrogen-bond acceptors (Lipinski definition) is 3. The predicted molar refractivity (Wildman–Crippen MR) is 98.8 cm³/mol. The van der Waals surface area contributed by atoms with Gasteiger partial charge in [0.1, 0.15) is 5.82 Å². The molecule has 1 amide bonds. The molecule has 0 aliphatic heterocycles. The third-order valence-corrected chi connectivity index (χ3v) is 4.08. The normalized spacial score (nSPS) is 11.6. The molecule has 3 aromatic heterocycles. The quantitative estimate of drug-likeness (QED) is 0.727. The molecule has 0 saturated carbocycles. The number of aromatic nitrogens is 3. The molecular formula is C20H24N4O. The van der Waals surface area contributed by atoms with E-state index in [0.717, 1.165) is 24.2 Å². The van der Waals surface area contributed by atoms with E-state index in [1.807, 2.05) is 47.1 Å². The highest BCUT2D eigenvalue weighted by Gasteiger charge is 2.24. The molecule has 0 aliphatic carbocycles. The van der Waals surface area contributed by atoms with Crippen LogP contribution in [0.5, 0.6) is 0 Å². The maximum atomic E-state index is 12.6. The van der Waals surface area contributed by atoms with Gasteiger partial charge in [-0.25, -0.2) is 4.98 Å². The van der Waals surface area contributed by atoms with Crippen molar-refractivity contribution in [3.63, 3.8) is 0 Å². The van der Waals surface area contributed by atoms with Gasteiger partial charge < -0.3 is 9.72 Å². The van der Waals surface area contributed by atoms with Gasteiger partial charge in [0.2, 0.25) is 0 Å². The number of carbonyl (C=O) groups excluding carboxylic acids is 1. The number of aryl methyl sites for hydroxylation is 1. The lowest BCUT2D eigenvalue weighted by molar-refractivity contribution is 0.0950. The lowest BCUT2D eigenvalue weighted by atomic mass is 9.96. The smallest absolute Gasteiger partial charge is 0.272 e. The molecule has 3 heterocycles. The molecule has 0 spiro atoms. The van der Waals surface area contributed by atoms with Gasteiger partial charge in [-0.05, 0) is 36.6 Å². The Morgan fingerprint density at radius 1 is 1.20 bits per heavy atom. The number of fused-ring (bicyclic) bond motifs is 1. The highest BCUT2D eigenvalue weighted by atomic mass is 16.1. The zero-order valence-electron chi connectivity index (χ0n) is 15.0. The Bertz CT molecular complexity index is 862. The molecule has 130 valence electrons. The van der Waals surface area contributed by atoms with Crippen LogP contribution in [-0.2, 0) is 11.8 Å². The molecule has 3 aromatic rings. The molecule has 1 N–H and O–H groups in total. The number of amides is 1. The standard InChI is InChI=1S/C20H24N4O/c1-20(2,3)19-23-17(16-10-4-5-13-24(16)19)18(25)22-12-7-9-15-8-6-11-21-14-15/h4-6,8,10-11,13-14H,7,9,12H2,1-3H3,(H,22,25). The van der Waals surface area contributed by atoms with E-state index in [1.54, 1.807) is 6.20 Å². The molecule has 0 fully saturated rings. The van der Waals surface area contributed by atoms with Crippen LogP contribution in [-0.4, -0.2) is 26.8 Å². The van der Waals surface area contributed by atoms with Gasteiger partial charge in [0.25, 0.3) is 5.91 Å². The van der Waals surface area contributed by atoms with Crippen molar-refractivity contribution in [2.24, 2.45) is 0 Å². The van der Waals surface area contributed by atoms with E-state index in [0.29, 0.717) is 12.2 Å². The van der Waals surface area contributed by atoms with E-state index >= 15 is 0 Å². The third-order valence-electron chi connectivity index (χ3n) is 4.08. The summed E-state index contributed by atoms with van der Waals surface area (Å²) in [6.45, 7) is 6.92. The predicted octanol–water partition coefficient (Wildman–Crippen LogP) is 3.39. The van der Waals surface area contributed by atoms with Crippen molar-refractivity contribution in [3.8, 4) is 0 Å². The van der Waals surface area contributed by atoms with E-state index in [9.17, 15) is 4.79 Å². The average Bonchev–Trinajstić information content (AvgIpc) is 2.99. The van der Waals surface area contributed by atoms with E-state index in [2.05, 4.69) is 36.1 Å². The van der Waals surface area contributed by atoms with Gasteiger partial charge in [-0.3, -0.25) is 9.78 Å². The zero-order valence-corrected chi connectivity index (χ0v) is 15.0. The summed E-state index contributed by atoms with van der Waals surface area (Å²) in [5.74, 6) is 0.772. The van der Waals surface area contributed by atoms with E-state index in [-0.39, 0.29) is 11.3 Å². The van der Waals surface area contributed by atoms with Crippen molar-refractivity contribution in [3.05, 3.63) is 66.0 Å². The van der Waals surface area contributed by atoms with Crippen LogP contribution >= 0.6 is 0 Å². The van der Waals surface area contributed by atoms with Crippen LogP contribution in [0.25, 0.3) is 5.52 Å². The van der Waals surface area contributed by atoms with Crippen molar-refractivity contribution in [1.82, 2.24) is 19.7 Å². The summed E-state index contributed by atoms with van der Waals surface area (Å²) in [5.41, 5.74) is 2.38. The minimum absolute atomic E-state index is 0.120. The van der Waals surface area contributed by atoms with Crippen molar-refractivity contribution >= 4 is 11.4 Å². The molecule has 0 aliphatic rings. The minimum atomic E-state index is -0.136. The molecule has 0 radical (unpaired) electrons. The summed E-state index contributed by atoms with van der Waals surface area (Å²) >= 11 is 0. The highest BCUT2D eigenvalue weighted by molar-refractivity contribution is 5.99. The number of rotatable bonds is 5. The van der Waals surface area contributed by atoms with Crippen LogP contribution in [0.1, 0.15) is 49.1 Å². The topological polar surface area (TPSA) is 59.3 Å². The molecule has 0 atom stereocenters. The summed E-state index contributed by atoms with van der Waals surface area (Å²) in [6.07, 6.45) is 7.35. The number of carbonyl (C=O) groups is 1. The van der Waals surface area contributed by atoms with Gasteiger partial charge in [-0.2, -0.15) is 0 Å². The lowest BCUT2D eigenvalue weighted by Crippen LogP contribution is -2.25. The number of nitrogens with zero attached hydrogens (tertiary/aromatic N) is 3. The Morgan fingerprint density at radius 2 is 2.04 bits per heavy atom. The Labute approximate surface area is 148 Å². The minimum Gasteiger partial charge on any atom is -0.351 e. The zero-order chi connectivity index (χ0) is 17.9. The SMILES string of the molecule is CC(C)(C)c1nc(C(=O)NCCCc2cccnc2)c2ccccn12. The summed E-state index contributed by atoms with van der Waals surface area (Å²) in [7, 11) is 0. The maximum absolute atomic E-state index is 12.6. The lowest BCUT2D eigenvalue weighted by Gasteiger charge is -2.16. The van der Waals surface area contributed by atoms with Gasteiger partial charge in [0, 0.05) is 30.6 Å². The summed E-state index contributed by atoms with van der Waals surface area (Å²) in [6, 6.07) is 9.81. The van der Waals surface area contributed by atoms with Crippen LogP contribution in [0, 0.1) is 0 Å². The van der Waals surface area contributed by atoms with Crippen LogP contribution in [0.2, 0.25) is 0 Å². The van der Waals surface area contributed by atoms with Crippen molar-refractivity contribution in [2.75, 3.05) is 6.54 Å². The van der Waals surface area contributed by atoms with E-state index in [1.165, 1.54) is 5.56 Å². The van der Waals surface area contributed by atoms with E-state index < -0.39 is 0 Å². The molecule has 5 heteroatoms. The van der Waals surface area contributed by atoms with Crippen LogP contribution in [0.4, 0.5) is 0 Å². The second-order valence-corrected chi connectivity index (χ2v) is 7.21. The van der Waals surface area contributed by atoms with Crippen LogP contribution < -0.4 is 5.32 Å². The molecule has 0 unspecified atom stereocenters. The van der Waals surface area contributed by atoms with E-state index in [4.69, 9.17) is 0 Å². The Balaban J connectivity index is 1.70. The number of pyridine rings is 2. The maximum Gasteiger partial charge on any atom is 0.272 e. The highest BCUT2D eigenvalue weighted by Crippen LogP contribution is 2.24. The van der Waals surface area contributed by atoms with Crippen molar-refractivity contribution < 1.29 is 4.79 Å². The first-order chi connectivity index (χ1) is 12.0. The number of nitrogens with one attached hydrogen (secondary N) is 1. The molecule has 0 saturated heterocycles. The van der Waals surface area contributed by atoms with Crippen molar-refractivity contribution in [1.29, 1.82) is 0 Å². The molecule has 0 bridgehead atoms. The molecule has 25 heavy (non-hydrogen) atoms. The van der Waals surface area contributed by atoms with Gasteiger partial charge in [0.05, 0.1) is 5.52 Å². The first-order valence-corrected chi connectivity index (χ1v) is 8.61. The van der Waals surface area contributed by atoms with Gasteiger partial charge in [0.15, 0.2) is 5.69 Å².